The number of aliphatic imine (C=N–C) groups is 3. The number of ketones is 1. The summed E-state index contributed by atoms with van der Waals surface area (Å²) >= 11 is 0.863. The lowest BCUT2D eigenvalue weighted by Crippen LogP contribution is -2.34. The summed E-state index contributed by atoms with van der Waals surface area (Å²) in [4.78, 5) is 34.1. The van der Waals surface area contributed by atoms with Crippen LogP contribution in [0.5, 0.6) is 0 Å². The van der Waals surface area contributed by atoms with Crippen molar-refractivity contribution in [2.24, 2.45) is 15.0 Å². The molecule has 0 spiro atoms. The zero-order chi connectivity index (χ0) is 15.1. The lowest BCUT2D eigenvalue weighted by molar-refractivity contribution is -0.111. The molecule has 0 aromatic heterocycles. The first-order valence-electron chi connectivity index (χ1n) is 6.10. The van der Waals surface area contributed by atoms with Crippen molar-refractivity contribution in [3.8, 4) is 0 Å². The molecule has 112 valence electrons. The van der Waals surface area contributed by atoms with E-state index in [-0.39, 0.29) is 28.8 Å². The van der Waals surface area contributed by atoms with E-state index in [2.05, 4.69) is 15.0 Å². The minimum absolute atomic E-state index is 0.0377. The molecule has 2 amide bonds. The molecular weight excluding hydrogens is 302 g/mol. The molecule has 0 aromatic rings. The number of fused-ring (bicyclic) bond motifs is 1. The number of ether oxygens (including phenoxy) is 1. The largest absolute Gasteiger partial charge is 0.394 e. The van der Waals surface area contributed by atoms with E-state index < -0.39 is 36.4 Å². The quantitative estimate of drug-likeness (QED) is 0.543. The Labute approximate surface area is 122 Å². The summed E-state index contributed by atoms with van der Waals surface area (Å²) in [5.74, 6) is -0.368. The molecule has 3 rings (SSSR count). The van der Waals surface area contributed by atoms with Crippen LogP contribution in [-0.4, -0.2) is 80.5 Å². The Bertz CT molecular complexity index is 601. The van der Waals surface area contributed by atoms with Crippen molar-refractivity contribution in [3.63, 3.8) is 0 Å². The second-order valence-corrected chi connectivity index (χ2v) is 5.66. The summed E-state index contributed by atoms with van der Waals surface area (Å²) in [5.41, 5.74) is -0.770. The highest BCUT2D eigenvalue weighted by atomic mass is 32.2. The fourth-order valence-electron chi connectivity index (χ4n) is 2.13. The number of hydrogen-bond acceptors (Lipinski definition) is 8. The third-order valence-corrected chi connectivity index (χ3v) is 4.33. The predicted molar refractivity (Wildman–Crippen MR) is 72.9 cm³/mol. The van der Waals surface area contributed by atoms with Gasteiger partial charge in [0.2, 0.25) is 5.78 Å². The monoisotopic (exact) mass is 313 g/mol. The van der Waals surface area contributed by atoms with Gasteiger partial charge in [-0.3, -0.25) is 9.79 Å². The van der Waals surface area contributed by atoms with E-state index in [0.717, 1.165) is 11.8 Å². The summed E-state index contributed by atoms with van der Waals surface area (Å²) < 4.78 is 5.29. The summed E-state index contributed by atoms with van der Waals surface area (Å²) in [6.07, 6.45) is -3.42. The normalized spacial score (nSPS) is 35.5. The number of thioether (sulfide) groups is 1. The minimum atomic E-state index is -1.26. The van der Waals surface area contributed by atoms with Crippen molar-refractivity contribution in [2.75, 3.05) is 13.2 Å². The molecule has 0 aliphatic carbocycles. The maximum Gasteiger partial charge on any atom is 0.368 e. The smallest absolute Gasteiger partial charge is 0.368 e. The van der Waals surface area contributed by atoms with Crippen molar-refractivity contribution >= 4 is 40.0 Å². The van der Waals surface area contributed by atoms with Crippen LogP contribution in [0, 0.1) is 0 Å². The van der Waals surface area contributed by atoms with Gasteiger partial charge in [-0.2, -0.15) is 9.98 Å². The summed E-state index contributed by atoms with van der Waals surface area (Å²) in [6.45, 7) is -0.552. The molecule has 9 nitrogen and oxygen atoms in total. The molecule has 1 fully saturated rings. The first kappa shape index (κ1) is 14.5. The van der Waals surface area contributed by atoms with Gasteiger partial charge in [0.25, 0.3) is 0 Å². The van der Waals surface area contributed by atoms with Crippen LogP contribution in [-0.2, 0) is 9.53 Å². The SMILES string of the molecule is O=C1N=C(SC2O[C@H](CO)[C@@H](O)[C@H]2O)C2=NCC(=O)C2=N1. The van der Waals surface area contributed by atoms with Crippen LogP contribution in [0.2, 0.25) is 0 Å². The average molecular weight is 313 g/mol. The van der Waals surface area contributed by atoms with E-state index in [9.17, 15) is 19.8 Å². The maximum atomic E-state index is 11.5. The number of rotatable bonds is 2. The van der Waals surface area contributed by atoms with E-state index in [1.54, 1.807) is 0 Å². The van der Waals surface area contributed by atoms with E-state index in [1.807, 2.05) is 0 Å². The van der Waals surface area contributed by atoms with Gasteiger partial charge in [-0.25, -0.2) is 4.79 Å². The maximum absolute atomic E-state index is 11.5. The van der Waals surface area contributed by atoms with Crippen LogP contribution in [0.3, 0.4) is 0 Å². The van der Waals surface area contributed by atoms with Gasteiger partial charge < -0.3 is 20.1 Å². The Morgan fingerprint density at radius 2 is 1.95 bits per heavy atom. The minimum Gasteiger partial charge on any atom is -0.394 e. The lowest BCUT2D eigenvalue weighted by Gasteiger charge is -2.16. The first-order valence-corrected chi connectivity index (χ1v) is 6.98. The predicted octanol–water partition coefficient (Wildman–Crippen LogP) is -1.84. The molecule has 0 saturated carbocycles. The highest BCUT2D eigenvalue weighted by molar-refractivity contribution is 8.16. The van der Waals surface area contributed by atoms with E-state index >= 15 is 0 Å². The van der Waals surface area contributed by atoms with Crippen molar-refractivity contribution < 1.29 is 29.6 Å². The topological polar surface area (TPSA) is 141 Å². The first-order chi connectivity index (χ1) is 10.0. The number of aliphatic hydroxyl groups excluding tert-OH is 3. The number of aliphatic hydroxyl groups is 3. The van der Waals surface area contributed by atoms with Crippen molar-refractivity contribution in [2.45, 2.75) is 23.7 Å². The molecule has 21 heavy (non-hydrogen) atoms. The molecule has 3 aliphatic heterocycles. The van der Waals surface area contributed by atoms with E-state index in [0.29, 0.717) is 0 Å². The molecule has 4 atom stereocenters. The van der Waals surface area contributed by atoms with Gasteiger partial charge in [0.15, 0.2) is 0 Å². The Balaban J connectivity index is 1.80. The van der Waals surface area contributed by atoms with Gasteiger partial charge >= 0.3 is 6.03 Å². The average Bonchev–Trinajstić information content (AvgIpc) is 2.94. The highest BCUT2D eigenvalue weighted by Gasteiger charge is 2.45. The molecule has 0 bridgehead atoms. The van der Waals surface area contributed by atoms with Crippen molar-refractivity contribution in [1.29, 1.82) is 0 Å². The second kappa shape index (κ2) is 5.39. The van der Waals surface area contributed by atoms with Crippen LogP contribution in [0.15, 0.2) is 15.0 Å². The third-order valence-electron chi connectivity index (χ3n) is 3.20. The lowest BCUT2D eigenvalue weighted by atomic mass is 10.2. The summed E-state index contributed by atoms with van der Waals surface area (Å²) in [7, 11) is 0. The Morgan fingerprint density at radius 3 is 2.62 bits per heavy atom. The summed E-state index contributed by atoms with van der Waals surface area (Å²) in [5, 5.41) is 28.7. The standard InChI is InChI=1S/C11H11N3O6S/c15-2-4-7(17)8(18)10(20-4)21-9-6-5(3(16)1-12-6)13-11(19)14-9/h4,7-8,10,15,17-18H,1-2H2/t4-,7-,8-,10?/m1/s1. The Hall–Kier alpha value is -1.46. The molecule has 1 unspecified atom stereocenters. The van der Waals surface area contributed by atoms with Gasteiger partial charge in [0, 0.05) is 0 Å². The van der Waals surface area contributed by atoms with Gasteiger partial charge in [-0.15, -0.1) is 0 Å². The molecule has 0 radical (unpaired) electrons. The number of amides is 2. The van der Waals surface area contributed by atoms with Crippen LogP contribution in [0.25, 0.3) is 0 Å². The molecule has 10 heteroatoms. The molecular formula is C11H11N3O6S. The number of Topliss-reactive ketones (excluding diaryl/α,β-unsaturated/α-hetero) is 1. The molecule has 0 aromatic carbocycles. The van der Waals surface area contributed by atoms with Crippen molar-refractivity contribution in [3.05, 3.63) is 0 Å². The zero-order valence-electron chi connectivity index (χ0n) is 10.5. The molecule has 3 heterocycles. The van der Waals surface area contributed by atoms with Crippen LogP contribution in [0.4, 0.5) is 4.79 Å². The number of carbonyl (C=O) groups excluding carboxylic acids is 2. The van der Waals surface area contributed by atoms with Gasteiger partial charge in [-0.1, -0.05) is 11.8 Å². The number of hydrogen-bond donors (Lipinski definition) is 3. The third kappa shape index (κ3) is 2.45. The number of urea groups is 1. The second-order valence-electron chi connectivity index (χ2n) is 4.57. The molecule has 3 aliphatic rings. The van der Waals surface area contributed by atoms with Gasteiger partial charge in [0.05, 0.1) is 6.61 Å². The zero-order valence-corrected chi connectivity index (χ0v) is 11.4. The summed E-state index contributed by atoms with van der Waals surface area (Å²) in [6, 6.07) is -0.826. The Morgan fingerprint density at radius 1 is 1.19 bits per heavy atom. The van der Waals surface area contributed by atoms with Crippen LogP contribution >= 0.6 is 11.8 Å². The van der Waals surface area contributed by atoms with Crippen molar-refractivity contribution in [1.82, 2.24) is 0 Å². The fraction of sp³-hybridized carbons (Fsp3) is 0.545. The van der Waals surface area contributed by atoms with E-state index in [1.165, 1.54) is 0 Å². The van der Waals surface area contributed by atoms with Gasteiger partial charge in [-0.05, 0) is 0 Å². The number of nitrogens with zero attached hydrogens (tertiary/aromatic N) is 3. The molecule has 1 saturated heterocycles. The van der Waals surface area contributed by atoms with E-state index in [4.69, 9.17) is 9.84 Å². The molecule has 3 N–H and O–H groups in total. The van der Waals surface area contributed by atoms with Crippen LogP contribution in [0.1, 0.15) is 0 Å². The highest BCUT2D eigenvalue weighted by Crippen LogP contribution is 2.31. The Kier molecular flexibility index (Phi) is 3.71. The van der Waals surface area contributed by atoms with Gasteiger partial charge in [0.1, 0.15) is 46.8 Å². The fourth-order valence-corrected chi connectivity index (χ4v) is 3.25. The van der Waals surface area contributed by atoms with Crippen LogP contribution < -0.4 is 0 Å². The number of carbonyl (C=O) groups is 2.